The van der Waals surface area contributed by atoms with Gasteiger partial charge < -0.3 is 30.0 Å². The lowest BCUT2D eigenvalue weighted by atomic mass is 9.85. The summed E-state index contributed by atoms with van der Waals surface area (Å²) in [5, 5.41) is 17.8. The predicted molar refractivity (Wildman–Crippen MR) is 143 cm³/mol. The standard InChI is InChI=1S/C27H34N8O3/c1-16-9-10-19(38-16)21(27(2,3)4)31-25-24(32-22-23(33-25)29-15-28-22)30-18-8-6-7-17(20(18)36)26(37)35-13-11-34(5)12-14-35/h6-10,21,36H,11-15H2,1-5H3,(H,28,30,32)(H,29,31,33)/t21-/m0/s1. The summed E-state index contributed by atoms with van der Waals surface area (Å²) in [4.78, 5) is 35.2. The number of carbonyl (C=O) groups excluding carboxylic acids is 1. The number of nitrogens with one attached hydrogen (secondary N) is 2. The van der Waals surface area contributed by atoms with Gasteiger partial charge in [-0.05, 0) is 43.7 Å². The molecule has 3 N–H and O–H groups in total. The molecule has 5 rings (SSSR count). The molecule has 2 aliphatic heterocycles. The second kappa shape index (κ2) is 10.1. The summed E-state index contributed by atoms with van der Waals surface area (Å²) in [7, 11) is 2.03. The van der Waals surface area contributed by atoms with Crippen LogP contribution >= 0.6 is 0 Å². The zero-order valence-electron chi connectivity index (χ0n) is 22.4. The van der Waals surface area contributed by atoms with E-state index in [9.17, 15) is 9.90 Å². The fourth-order valence-electron chi connectivity index (χ4n) is 4.57. The molecule has 38 heavy (non-hydrogen) atoms. The van der Waals surface area contributed by atoms with Gasteiger partial charge in [0, 0.05) is 26.2 Å². The Bertz CT molecular complexity index is 1470. The van der Waals surface area contributed by atoms with E-state index in [2.05, 4.69) is 51.3 Å². The molecule has 1 fully saturated rings. The van der Waals surface area contributed by atoms with Gasteiger partial charge in [-0.15, -0.1) is 0 Å². The molecule has 0 spiro atoms. The third kappa shape index (κ3) is 5.19. The van der Waals surface area contributed by atoms with E-state index in [0.29, 0.717) is 41.4 Å². The minimum absolute atomic E-state index is 0.139. The summed E-state index contributed by atoms with van der Waals surface area (Å²) in [5.74, 6) is 2.05. The van der Waals surface area contributed by atoms with Crippen LogP contribution in [0.5, 0.6) is 5.75 Å². The van der Waals surface area contributed by atoms with Crippen LogP contribution in [0.15, 0.2) is 44.7 Å². The van der Waals surface area contributed by atoms with E-state index < -0.39 is 0 Å². The SMILES string of the molecule is Cc1ccc([C@H](Nc2nc3c(nc2Nc2cccc(C(=O)N4CCN(C)CC4)c2O)=NCN=3)C(C)(C)C)o1. The number of phenolic OH excluding ortho intramolecular Hbond substituents is 1. The van der Waals surface area contributed by atoms with E-state index in [1.807, 2.05) is 26.1 Å². The first-order valence-electron chi connectivity index (χ1n) is 12.8. The first-order chi connectivity index (χ1) is 18.1. The number of nitrogens with zero attached hydrogens (tertiary/aromatic N) is 6. The zero-order valence-corrected chi connectivity index (χ0v) is 22.4. The maximum Gasteiger partial charge on any atom is 0.257 e. The molecule has 1 amide bonds. The van der Waals surface area contributed by atoms with Crippen molar-refractivity contribution >= 4 is 23.2 Å². The molecule has 2 aromatic heterocycles. The molecule has 0 radical (unpaired) electrons. The molecule has 0 saturated carbocycles. The second-order valence-electron chi connectivity index (χ2n) is 10.8. The van der Waals surface area contributed by atoms with Gasteiger partial charge in [0.25, 0.3) is 5.91 Å². The molecular formula is C27H34N8O3. The van der Waals surface area contributed by atoms with Crippen LogP contribution in [0.3, 0.4) is 0 Å². The van der Waals surface area contributed by atoms with E-state index in [-0.39, 0.29) is 35.3 Å². The number of para-hydroxylation sites is 1. The summed E-state index contributed by atoms with van der Waals surface area (Å²) in [5.41, 5.74) is 1.22. The van der Waals surface area contributed by atoms with Gasteiger partial charge in [0.05, 0.1) is 17.3 Å². The number of likely N-dealkylation sites (N-methyl/N-ethyl adjacent to an activating group) is 1. The lowest BCUT2D eigenvalue weighted by Crippen LogP contribution is -2.47. The molecule has 11 heteroatoms. The molecule has 1 aromatic carbocycles. The number of benzene rings is 1. The highest BCUT2D eigenvalue weighted by atomic mass is 16.3. The predicted octanol–water partition coefficient (Wildman–Crippen LogP) is 2.62. The average molecular weight is 519 g/mol. The van der Waals surface area contributed by atoms with Gasteiger partial charge in [-0.2, -0.15) is 0 Å². The molecule has 4 heterocycles. The van der Waals surface area contributed by atoms with Gasteiger partial charge in [-0.3, -0.25) is 4.79 Å². The van der Waals surface area contributed by atoms with Crippen molar-refractivity contribution in [1.29, 1.82) is 0 Å². The van der Waals surface area contributed by atoms with Crippen molar-refractivity contribution in [1.82, 2.24) is 19.8 Å². The molecule has 2 aliphatic rings. The van der Waals surface area contributed by atoms with Crippen LogP contribution in [-0.2, 0) is 0 Å². The molecule has 1 saturated heterocycles. The normalized spacial score (nSPS) is 16.4. The minimum atomic E-state index is -0.235. The number of aromatic nitrogens is 2. The van der Waals surface area contributed by atoms with Crippen LogP contribution in [0.4, 0.5) is 17.3 Å². The van der Waals surface area contributed by atoms with Crippen molar-refractivity contribution in [3.8, 4) is 5.75 Å². The van der Waals surface area contributed by atoms with Gasteiger partial charge in [0.15, 0.2) is 28.4 Å². The number of hydrogen-bond acceptors (Lipinski definition) is 10. The van der Waals surface area contributed by atoms with Crippen molar-refractivity contribution in [2.24, 2.45) is 15.4 Å². The summed E-state index contributed by atoms with van der Waals surface area (Å²) >= 11 is 0. The van der Waals surface area contributed by atoms with Crippen molar-refractivity contribution < 1.29 is 14.3 Å². The lowest BCUT2D eigenvalue weighted by molar-refractivity contribution is 0.0661. The molecule has 0 bridgehead atoms. The van der Waals surface area contributed by atoms with Crippen LogP contribution in [0.25, 0.3) is 0 Å². The summed E-state index contributed by atoms with van der Waals surface area (Å²) in [6.45, 7) is 11.3. The highest BCUT2D eigenvalue weighted by Crippen LogP contribution is 2.38. The smallest absolute Gasteiger partial charge is 0.257 e. The van der Waals surface area contributed by atoms with Crippen molar-refractivity contribution in [3.63, 3.8) is 0 Å². The quantitative estimate of drug-likeness (QED) is 0.425. The van der Waals surface area contributed by atoms with Crippen molar-refractivity contribution in [3.05, 3.63) is 58.4 Å². The monoisotopic (exact) mass is 518 g/mol. The lowest BCUT2D eigenvalue weighted by Gasteiger charge is -2.32. The van der Waals surface area contributed by atoms with Gasteiger partial charge in [0.2, 0.25) is 0 Å². The molecule has 3 aromatic rings. The number of rotatable bonds is 6. The minimum Gasteiger partial charge on any atom is -0.505 e. The van der Waals surface area contributed by atoms with E-state index in [1.54, 1.807) is 23.1 Å². The van der Waals surface area contributed by atoms with Crippen LogP contribution in [0, 0.1) is 12.3 Å². The number of anilines is 3. The van der Waals surface area contributed by atoms with Gasteiger partial charge in [-0.1, -0.05) is 26.8 Å². The third-order valence-corrected chi connectivity index (χ3v) is 6.80. The van der Waals surface area contributed by atoms with E-state index in [4.69, 9.17) is 9.40 Å². The Kier molecular flexibility index (Phi) is 6.78. The number of phenols is 1. The average Bonchev–Trinajstić information content (AvgIpc) is 3.51. The van der Waals surface area contributed by atoms with Crippen molar-refractivity contribution in [2.45, 2.75) is 33.7 Å². The number of hydrogen-bond donors (Lipinski definition) is 3. The molecule has 1 atom stereocenters. The first kappa shape index (κ1) is 25.7. The Hall–Kier alpha value is -3.99. The molecular weight excluding hydrogens is 484 g/mol. The molecule has 0 aliphatic carbocycles. The van der Waals surface area contributed by atoms with Crippen molar-refractivity contribution in [2.75, 3.05) is 50.5 Å². The van der Waals surface area contributed by atoms with E-state index in [0.717, 1.165) is 24.6 Å². The van der Waals surface area contributed by atoms with Crippen LogP contribution in [-0.4, -0.2) is 70.7 Å². The topological polar surface area (TPSA) is 131 Å². The Balaban J connectivity index is 1.49. The van der Waals surface area contributed by atoms with Gasteiger partial charge >= 0.3 is 0 Å². The fraction of sp³-hybridized carbons (Fsp3) is 0.444. The second-order valence-corrected chi connectivity index (χ2v) is 10.8. The summed E-state index contributed by atoms with van der Waals surface area (Å²) in [6, 6.07) is 8.72. The number of amides is 1. The molecule has 0 unspecified atom stereocenters. The van der Waals surface area contributed by atoms with Crippen LogP contribution in [0.2, 0.25) is 0 Å². The fourth-order valence-corrected chi connectivity index (χ4v) is 4.57. The van der Waals surface area contributed by atoms with Crippen LogP contribution < -0.4 is 21.6 Å². The number of carbonyl (C=O) groups is 1. The summed E-state index contributed by atoms with van der Waals surface area (Å²) in [6.07, 6.45) is 0. The number of fused-ring (bicyclic) bond motifs is 1. The van der Waals surface area contributed by atoms with Crippen LogP contribution in [0.1, 0.15) is 48.7 Å². The number of piperazine rings is 1. The largest absolute Gasteiger partial charge is 0.505 e. The zero-order chi connectivity index (χ0) is 27.0. The van der Waals surface area contributed by atoms with Gasteiger partial charge in [0.1, 0.15) is 18.2 Å². The maximum absolute atomic E-state index is 13.2. The summed E-state index contributed by atoms with van der Waals surface area (Å²) < 4.78 is 5.96. The number of aromatic hydroxyl groups is 1. The van der Waals surface area contributed by atoms with E-state index in [1.165, 1.54) is 0 Å². The number of aryl methyl sites for hydroxylation is 1. The highest BCUT2D eigenvalue weighted by molar-refractivity contribution is 5.99. The number of furan rings is 1. The Morgan fingerprint density at radius 1 is 1.03 bits per heavy atom. The van der Waals surface area contributed by atoms with Gasteiger partial charge in [-0.25, -0.2) is 20.0 Å². The Morgan fingerprint density at radius 3 is 2.34 bits per heavy atom. The molecule has 11 nitrogen and oxygen atoms in total. The Morgan fingerprint density at radius 2 is 1.71 bits per heavy atom. The molecule has 200 valence electrons. The maximum atomic E-state index is 13.2. The highest BCUT2D eigenvalue weighted by Gasteiger charge is 2.31. The Labute approximate surface area is 221 Å². The first-order valence-corrected chi connectivity index (χ1v) is 12.8. The van der Waals surface area contributed by atoms with E-state index >= 15 is 0 Å². The third-order valence-electron chi connectivity index (χ3n) is 6.80.